The van der Waals surface area contributed by atoms with Gasteiger partial charge in [-0.05, 0) is 54.6 Å². The minimum absolute atomic E-state index is 0.289. The highest BCUT2D eigenvalue weighted by Gasteiger charge is 2.13. The summed E-state index contributed by atoms with van der Waals surface area (Å²) in [5, 5.41) is 0. The number of ether oxygens (including phenoxy) is 3. The minimum atomic E-state index is -0.588. The Morgan fingerprint density at radius 3 is 2.15 bits per heavy atom. The highest BCUT2D eigenvalue weighted by atomic mass is 16.5. The highest BCUT2D eigenvalue weighted by molar-refractivity contribution is 5.99. The van der Waals surface area contributed by atoms with E-state index in [1.54, 1.807) is 55.6 Å². The summed E-state index contributed by atoms with van der Waals surface area (Å²) >= 11 is 0. The molecule has 0 aliphatic heterocycles. The van der Waals surface area contributed by atoms with Gasteiger partial charge in [0.15, 0.2) is 12.4 Å². The lowest BCUT2D eigenvalue weighted by Crippen LogP contribution is -2.14. The fraction of sp³-hybridized carbons (Fsp3) is 0.0909. The number of para-hydroxylation sites is 1. The molecule has 3 rings (SSSR count). The van der Waals surface area contributed by atoms with Crippen molar-refractivity contribution >= 4 is 11.8 Å². The van der Waals surface area contributed by atoms with Crippen molar-refractivity contribution in [2.75, 3.05) is 13.7 Å². The van der Waals surface area contributed by atoms with E-state index in [0.717, 1.165) is 0 Å². The van der Waals surface area contributed by atoms with Crippen molar-refractivity contribution in [3.8, 4) is 17.2 Å². The van der Waals surface area contributed by atoms with Crippen LogP contribution >= 0.6 is 0 Å². The Balaban J connectivity index is 1.60. The Morgan fingerprint density at radius 2 is 1.44 bits per heavy atom. The zero-order valence-corrected chi connectivity index (χ0v) is 14.8. The van der Waals surface area contributed by atoms with Crippen LogP contribution in [0.5, 0.6) is 17.2 Å². The molecule has 0 aliphatic rings. The second kappa shape index (κ2) is 8.67. The van der Waals surface area contributed by atoms with Crippen molar-refractivity contribution in [2.45, 2.75) is 0 Å². The predicted octanol–water partition coefficient (Wildman–Crippen LogP) is 4.53. The molecule has 5 heteroatoms. The molecule has 0 N–H and O–H groups in total. The molecule has 0 aromatic heterocycles. The molecule has 0 saturated carbocycles. The second-order valence-electron chi connectivity index (χ2n) is 5.67. The van der Waals surface area contributed by atoms with E-state index in [1.807, 2.05) is 30.3 Å². The van der Waals surface area contributed by atoms with E-state index in [4.69, 9.17) is 14.2 Å². The first-order chi connectivity index (χ1) is 13.2. The van der Waals surface area contributed by atoms with Crippen molar-refractivity contribution in [1.29, 1.82) is 0 Å². The van der Waals surface area contributed by atoms with E-state index in [0.29, 0.717) is 28.4 Å². The van der Waals surface area contributed by atoms with Gasteiger partial charge < -0.3 is 14.2 Å². The molecule has 136 valence electrons. The summed E-state index contributed by atoms with van der Waals surface area (Å²) in [6.07, 6.45) is 0. The molecule has 0 unspecified atom stereocenters. The maximum atomic E-state index is 12.2. The van der Waals surface area contributed by atoms with Gasteiger partial charge >= 0.3 is 5.97 Å². The lowest BCUT2D eigenvalue weighted by atomic mass is 10.1. The minimum Gasteiger partial charge on any atom is -0.497 e. The third-order valence-electron chi connectivity index (χ3n) is 3.79. The number of rotatable bonds is 7. The number of hydrogen-bond acceptors (Lipinski definition) is 5. The largest absolute Gasteiger partial charge is 0.497 e. The highest BCUT2D eigenvalue weighted by Crippen LogP contribution is 2.22. The average molecular weight is 362 g/mol. The lowest BCUT2D eigenvalue weighted by molar-refractivity contribution is 0.0474. The Labute approximate surface area is 157 Å². The normalized spacial score (nSPS) is 10.1. The van der Waals surface area contributed by atoms with E-state index >= 15 is 0 Å². The number of carbonyl (C=O) groups excluding carboxylic acids is 2. The number of esters is 1. The molecule has 0 bridgehead atoms. The van der Waals surface area contributed by atoms with Crippen LogP contribution in [0.25, 0.3) is 0 Å². The van der Waals surface area contributed by atoms with E-state index in [2.05, 4.69) is 0 Å². The number of Topliss-reactive ketones (excluding diaryl/α,β-unsaturated/α-hetero) is 1. The number of benzene rings is 3. The second-order valence-corrected chi connectivity index (χ2v) is 5.67. The summed E-state index contributed by atoms with van der Waals surface area (Å²) < 4.78 is 15.9. The maximum absolute atomic E-state index is 12.2. The van der Waals surface area contributed by atoms with Crippen LogP contribution in [0.1, 0.15) is 20.7 Å². The number of ketones is 1. The average Bonchev–Trinajstić information content (AvgIpc) is 2.72. The Morgan fingerprint density at radius 1 is 0.741 bits per heavy atom. The quantitative estimate of drug-likeness (QED) is 0.456. The third-order valence-corrected chi connectivity index (χ3v) is 3.79. The van der Waals surface area contributed by atoms with Gasteiger partial charge in [0, 0.05) is 5.56 Å². The molecule has 0 spiro atoms. The third kappa shape index (κ3) is 4.95. The van der Waals surface area contributed by atoms with E-state index in [1.165, 1.54) is 0 Å². The molecule has 0 fully saturated rings. The van der Waals surface area contributed by atoms with Gasteiger partial charge in [-0.1, -0.05) is 24.3 Å². The first-order valence-electron chi connectivity index (χ1n) is 8.33. The summed E-state index contributed by atoms with van der Waals surface area (Å²) in [6, 6.07) is 22.5. The van der Waals surface area contributed by atoms with Crippen LogP contribution in [0, 0.1) is 0 Å². The monoisotopic (exact) mass is 362 g/mol. The van der Waals surface area contributed by atoms with Gasteiger partial charge in [-0.25, -0.2) is 4.79 Å². The van der Waals surface area contributed by atoms with Crippen molar-refractivity contribution in [3.63, 3.8) is 0 Å². The first-order valence-corrected chi connectivity index (χ1v) is 8.33. The smallest absolute Gasteiger partial charge is 0.338 e. The van der Waals surface area contributed by atoms with Gasteiger partial charge in [-0.3, -0.25) is 4.79 Å². The van der Waals surface area contributed by atoms with E-state index < -0.39 is 5.97 Å². The van der Waals surface area contributed by atoms with Crippen LogP contribution in [0.15, 0.2) is 78.9 Å². The zero-order chi connectivity index (χ0) is 19.1. The van der Waals surface area contributed by atoms with Crippen molar-refractivity contribution in [2.24, 2.45) is 0 Å². The summed E-state index contributed by atoms with van der Waals surface area (Å²) in [5.74, 6) is 0.951. The van der Waals surface area contributed by atoms with Crippen LogP contribution in [-0.4, -0.2) is 25.5 Å². The Hall–Kier alpha value is -3.60. The molecule has 27 heavy (non-hydrogen) atoms. The Bertz CT molecular complexity index is 917. The van der Waals surface area contributed by atoms with Crippen LogP contribution < -0.4 is 9.47 Å². The SMILES string of the molecule is COc1ccc(C(=O)COC(=O)c2cccc(Oc3ccccc3)c2)cc1. The van der Waals surface area contributed by atoms with Gasteiger partial charge in [-0.15, -0.1) is 0 Å². The molecule has 3 aromatic rings. The summed E-state index contributed by atoms with van der Waals surface area (Å²) in [5.41, 5.74) is 0.760. The first kappa shape index (κ1) is 18.2. The number of methoxy groups -OCH3 is 1. The van der Waals surface area contributed by atoms with Gasteiger partial charge in [0.25, 0.3) is 0 Å². The topological polar surface area (TPSA) is 61.8 Å². The molecule has 5 nitrogen and oxygen atoms in total. The molecular formula is C22H18O5. The molecule has 0 saturated heterocycles. The molecule has 0 amide bonds. The molecule has 3 aromatic carbocycles. The van der Waals surface area contributed by atoms with Gasteiger partial charge in [0.1, 0.15) is 17.2 Å². The standard InChI is InChI=1S/C22H18O5/c1-25-18-12-10-16(11-13-18)21(23)15-26-22(24)17-6-5-9-20(14-17)27-19-7-3-2-4-8-19/h2-14H,15H2,1H3. The molecule has 0 heterocycles. The predicted molar refractivity (Wildman–Crippen MR) is 101 cm³/mol. The maximum Gasteiger partial charge on any atom is 0.338 e. The zero-order valence-electron chi connectivity index (χ0n) is 14.8. The lowest BCUT2D eigenvalue weighted by Gasteiger charge is -2.08. The molecule has 0 aliphatic carbocycles. The van der Waals surface area contributed by atoms with E-state index in [9.17, 15) is 9.59 Å². The van der Waals surface area contributed by atoms with Crippen LogP contribution in [0.2, 0.25) is 0 Å². The fourth-order valence-corrected chi connectivity index (χ4v) is 2.39. The molecule has 0 atom stereocenters. The molecular weight excluding hydrogens is 344 g/mol. The van der Waals surface area contributed by atoms with Gasteiger partial charge in [-0.2, -0.15) is 0 Å². The van der Waals surface area contributed by atoms with Gasteiger partial charge in [0.05, 0.1) is 12.7 Å². The van der Waals surface area contributed by atoms with Crippen LogP contribution in [0.3, 0.4) is 0 Å². The summed E-state index contributed by atoms with van der Waals surface area (Å²) in [7, 11) is 1.55. The van der Waals surface area contributed by atoms with Crippen molar-refractivity contribution in [3.05, 3.63) is 90.0 Å². The summed E-state index contributed by atoms with van der Waals surface area (Å²) in [6.45, 7) is -0.338. The number of hydrogen-bond donors (Lipinski definition) is 0. The Kier molecular flexibility index (Phi) is 5.84. The van der Waals surface area contributed by atoms with E-state index in [-0.39, 0.29) is 12.4 Å². The van der Waals surface area contributed by atoms with Crippen LogP contribution in [-0.2, 0) is 4.74 Å². The summed E-state index contributed by atoms with van der Waals surface area (Å²) in [4.78, 5) is 24.4. The van der Waals surface area contributed by atoms with Crippen molar-refractivity contribution < 1.29 is 23.8 Å². The fourth-order valence-electron chi connectivity index (χ4n) is 2.39. The molecule has 0 radical (unpaired) electrons. The van der Waals surface area contributed by atoms with Crippen LogP contribution in [0.4, 0.5) is 0 Å². The van der Waals surface area contributed by atoms with Crippen molar-refractivity contribution in [1.82, 2.24) is 0 Å². The van der Waals surface area contributed by atoms with Gasteiger partial charge in [0.2, 0.25) is 0 Å². The number of carbonyl (C=O) groups is 2.